The molecule has 1 unspecified atom stereocenters. The van der Waals surface area contributed by atoms with Crippen LogP contribution in [-0.2, 0) is 11.2 Å². The molecule has 1 aromatic carbocycles. The lowest BCUT2D eigenvalue weighted by molar-refractivity contribution is 0.0524. The zero-order valence-corrected chi connectivity index (χ0v) is 23.0. The summed E-state index contributed by atoms with van der Waals surface area (Å²) >= 11 is 0. The van der Waals surface area contributed by atoms with E-state index in [0.29, 0.717) is 18.8 Å². The van der Waals surface area contributed by atoms with Gasteiger partial charge in [-0.25, -0.2) is 24.7 Å². The lowest BCUT2D eigenvalue weighted by Crippen LogP contribution is -2.45. The molecule has 0 aliphatic carbocycles. The number of nitrogens with one attached hydrogen (secondary N) is 1. The molecule has 10 nitrogen and oxygen atoms in total. The zero-order chi connectivity index (χ0) is 27.4. The van der Waals surface area contributed by atoms with Crippen LogP contribution in [-0.4, -0.2) is 80.7 Å². The van der Waals surface area contributed by atoms with Crippen molar-refractivity contribution in [1.29, 1.82) is 0 Å². The molecular formula is C29H36N8O2. The summed E-state index contributed by atoms with van der Waals surface area (Å²) in [5, 5.41) is 2.92. The molecule has 39 heavy (non-hydrogen) atoms. The van der Waals surface area contributed by atoms with Crippen LogP contribution in [0.3, 0.4) is 0 Å². The SMILES string of the molecule is CN1CCN(c2nccn3c(-c4ccnc(CC(CNC(=O)OC(C)(C)C)c5ccccc5)n4)cnc23)CC1. The molecule has 0 bridgehead atoms. The maximum Gasteiger partial charge on any atom is 0.407 e. The molecule has 1 atom stereocenters. The molecule has 1 aliphatic heterocycles. The number of imidazole rings is 1. The Labute approximate surface area is 229 Å². The van der Waals surface area contributed by atoms with Crippen molar-refractivity contribution in [3.8, 4) is 11.4 Å². The molecule has 4 heterocycles. The molecule has 1 amide bonds. The van der Waals surface area contributed by atoms with Crippen LogP contribution >= 0.6 is 0 Å². The van der Waals surface area contributed by atoms with Crippen molar-refractivity contribution in [3.05, 3.63) is 72.6 Å². The first-order chi connectivity index (χ1) is 18.8. The van der Waals surface area contributed by atoms with Crippen molar-refractivity contribution >= 4 is 17.6 Å². The quantitative estimate of drug-likeness (QED) is 0.387. The van der Waals surface area contributed by atoms with E-state index < -0.39 is 11.7 Å². The van der Waals surface area contributed by atoms with Gasteiger partial charge < -0.3 is 19.9 Å². The van der Waals surface area contributed by atoms with Gasteiger partial charge in [-0.05, 0) is 39.4 Å². The summed E-state index contributed by atoms with van der Waals surface area (Å²) in [5.41, 5.74) is 3.03. The van der Waals surface area contributed by atoms with E-state index in [1.54, 1.807) is 6.20 Å². The standard InChI is InChI=1S/C29H36N8O2/c1-29(2,3)39-28(38)33-19-22(21-8-6-5-7-9-21)18-25-30-11-10-23(34-25)24-20-32-27-26(31-12-13-37(24)27)36-16-14-35(4)15-17-36/h5-13,20,22H,14-19H2,1-4H3,(H,33,38). The second-order valence-corrected chi connectivity index (χ2v) is 10.9. The van der Waals surface area contributed by atoms with Crippen molar-refractivity contribution in [1.82, 2.24) is 34.6 Å². The second kappa shape index (κ2) is 11.4. The highest BCUT2D eigenvalue weighted by atomic mass is 16.6. The van der Waals surface area contributed by atoms with Crippen LogP contribution in [0.1, 0.15) is 38.1 Å². The van der Waals surface area contributed by atoms with Crippen LogP contribution in [0.15, 0.2) is 61.2 Å². The second-order valence-electron chi connectivity index (χ2n) is 10.9. The Morgan fingerprint density at radius 3 is 2.54 bits per heavy atom. The molecule has 3 aromatic heterocycles. The number of hydrogen-bond donors (Lipinski definition) is 1. The van der Waals surface area contributed by atoms with Crippen LogP contribution in [0.2, 0.25) is 0 Å². The number of hydrogen-bond acceptors (Lipinski definition) is 8. The van der Waals surface area contributed by atoms with Crippen molar-refractivity contribution in [2.45, 2.75) is 38.7 Å². The number of amides is 1. The van der Waals surface area contributed by atoms with Crippen molar-refractivity contribution in [3.63, 3.8) is 0 Å². The Morgan fingerprint density at radius 2 is 1.79 bits per heavy atom. The van der Waals surface area contributed by atoms with Gasteiger partial charge in [-0.2, -0.15) is 0 Å². The number of aromatic nitrogens is 5. The van der Waals surface area contributed by atoms with Crippen LogP contribution < -0.4 is 10.2 Å². The molecule has 204 valence electrons. The minimum absolute atomic E-state index is 0.0239. The molecule has 1 saturated heterocycles. The van der Waals surface area contributed by atoms with E-state index in [4.69, 9.17) is 14.7 Å². The monoisotopic (exact) mass is 528 g/mol. The number of alkyl carbamates (subject to hydrolysis) is 1. The Bertz CT molecular complexity index is 1410. The average molecular weight is 529 g/mol. The lowest BCUT2D eigenvalue weighted by Gasteiger charge is -2.33. The van der Waals surface area contributed by atoms with Gasteiger partial charge in [0.2, 0.25) is 0 Å². The first kappa shape index (κ1) is 26.6. The Morgan fingerprint density at radius 1 is 1.03 bits per heavy atom. The van der Waals surface area contributed by atoms with E-state index in [9.17, 15) is 4.79 Å². The van der Waals surface area contributed by atoms with Crippen molar-refractivity contribution < 1.29 is 9.53 Å². The fourth-order valence-corrected chi connectivity index (χ4v) is 4.75. The van der Waals surface area contributed by atoms with E-state index in [2.05, 4.69) is 44.3 Å². The first-order valence-corrected chi connectivity index (χ1v) is 13.4. The predicted molar refractivity (Wildman–Crippen MR) is 151 cm³/mol. The number of carbonyl (C=O) groups is 1. The highest BCUT2D eigenvalue weighted by Crippen LogP contribution is 2.26. The molecule has 1 fully saturated rings. The molecule has 10 heteroatoms. The van der Waals surface area contributed by atoms with Crippen LogP contribution in [0.5, 0.6) is 0 Å². The highest BCUT2D eigenvalue weighted by Gasteiger charge is 2.22. The molecule has 0 radical (unpaired) electrons. The van der Waals surface area contributed by atoms with E-state index in [0.717, 1.165) is 54.6 Å². The summed E-state index contributed by atoms with van der Waals surface area (Å²) in [5.74, 6) is 1.56. The van der Waals surface area contributed by atoms with Gasteiger partial charge in [0.1, 0.15) is 11.4 Å². The fraction of sp³-hybridized carbons (Fsp3) is 0.414. The average Bonchev–Trinajstić information content (AvgIpc) is 3.36. The molecule has 1 aliphatic rings. The minimum atomic E-state index is -0.558. The normalized spacial score (nSPS) is 15.3. The summed E-state index contributed by atoms with van der Waals surface area (Å²) in [4.78, 5) is 35.8. The van der Waals surface area contributed by atoms with Gasteiger partial charge in [0.05, 0.1) is 17.6 Å². The summed E-state index contributed by atoms with van der Waals surface area (Å²) in [6.45, 7) is 9.79. The summed E-state index contributed by atoms with van der Waals surface area (Å²) in [6, 6.07) is 12.0. The number of fused-ring (bicyclic) bond motifs is 1. The van der Waals surface area contributed by atoms with Gasteiger partial charge in [-0.3, -0.25) is 4.40 Å². The van der Waals surface area contributed by atoms with Gasteiger partial charge in [-0.15, -0.1) is 0 Å². The number of anilines is 1. The fourth-order valence-electron chi connectivity index (χ4n) is 4.75. The van der Waals surface area contributed by atoms with E-state index in [1.165, 1.54) is 0 Å². The maximum absolute atomic E-state index is 12.4. The van der Waals surface area contributed by atoms with Crippen LogP contribution in [0.25, 0.3) is 17.0 Å². The Hall–Kier alpha value is -4.05. The molecule has 0 saturated carbocycles. The molecule has 5 rings (SSSR count). The number of ether oxygens (including phenoxy) is 1. The maximum atomic E-state index is 12.4. The summed E-state index contributed by atoms with van der Waals surface area (Å²) < 4.78 is 7.49. The van der Waals surface area contributed by atoms with Crippen LogP contribution in [0.4, 0.5) is 10.6 Å². The van der Waals surface area contributed by atoms with Crippen LogP contribution in [0, 0.1) is 0 Å². The van der Waals surface area contributed by atoms with Gasteiger partial charge in [0, 0.05) is 63.7 Å². The van der Waals surface area contributed by atoms with Crippen molar-refractivity contribution in [2.24, 2.45) is 0 Å². The molecular weight excluding hydrogens is 492 g/mol. The number of rotatable bonds is 7. The van der Waals surface area contributed by atoms with E-state index in [1.807, 2.05) is 68.0 Å². The number of likely N-dealkylation sites (N-methyl/N-ethyl adjacent to an activating group) is 1. The lowest BCUT2D eigenvalue weighted by atomic mass is 9.95. The van der Waals surface area contributed by atoms with E-state index >= 15 is 0 Å². The topological polar surface area (TPSA) is 101 Å². The summed E-state index contributed by atoms with van der Waals surface area (Å²) in [7, 11) is 2.14. The number of nitrogens with zero attached hydrogens (tertiary/aromatic N) is 7. The number of piperazine rings is 1. The minimum Gasteiger partial charge on any atom is -0.444 e. The summed E-state index contributed by atoms with van der Waals surface area (Å²) in [6.07, 6.45) is 7.50. The van der Waals surface area contributed by atoms with Gasteiger partial charge in [-0.1, -0.05) is 30.3 Å². The number of carbonyl (C=O) groups excluding carboxylic acids is 1. The van der Waals surface area contributed by atoms with E-state index in [-0.39, 0.29) is 5.92 Å². The van der Waals surface area contributed by atoms with Crippen molar-refractivity contribution in [2.75, 3.05) is 44.7 Å². The highest BCUT2D eigenvalue weighted by molar-refractivity contribution is 5.70. The number of benzene rings is 1. The third-order valence-electron chi connectivity index (χ3n) is 6.77. The first-order valence-electron chi connectivity index (χ1n) is 13.4. The van der Waals surface area contributed by atoms with Gasteiger partial charge >= 0.3 is 6.09 Å². The largest absolute Gasteiger partial charge is 0.444 e. The van der Waals surface area contributed by atoms with Gasteiger partial charge in [0.25, 0.3) is 0 Å². The molecule has 4 aromatic rings. The Balaban J connectivity index is 1.38. The third kappa shape index (κ3) is 6.51. The molecule has 1 N–H and O–H groups in total. The predicted octanol–water partition coefficient (Wildman–Crippen LogP) is 3.79. The van der Waals surface area contributed by atoms with Gasteiger partial charge in [0.15, 0.2) is 11.5 Å². The Kier molecular flexibility index (Phi) is 7.74. The molecule has 0 spiro atoms. The zero-order valence-electron chi connectivity index (χ0n) is 23.0. The third-order valence-corrected chi connectivity index (χ3v) is 6.77. The smallest absolute Gasteiger partial charge is 0.407 e.